The van der Waals surface area contributed by atoms with Crippen molar-refractivity contribution in [3.8, 4) is 5.75 Å². The van der Waals surface area contributed by atoms with E-state index >= 15 is 0 Å². The first-order valence-corrected chi connectivity index (χ1v) is 8.54. The van der Waals surface area contributed by atoms with Gasteiger partial charge in [0.2, 0.25) is 0 Å². The summed E-state index contributed by atoms with van der Waals surface area (Å²) in [5, 5.41) is 0.0533. The van der Waals surface area contributed by atoms with Gasteiger partial charge in [-0.2, -0.15) is 0 Å². The van der Waals surface area contributed by atoms with Crippen LogP contribution in [0.1, 0.15) is 29.2 Å². The van der Waals surface area contributed by atoms with Crippen LogP contribution >= 0.6 is 38.9 Å². The molecule has 1 aromatic carbocycles. The fourth-order valence-corrected chi connectivity index (χ4v) is 3.62. The van der Waals surface area contributed by atoms with Gasteiger partial charge in [-0.1, -0.05) is 18.5 Å². The standard InChI is InChI=1S/C15H16BrClFNOS/c1-3-12(19)15(14-5-4-8(2)21-14)20-13-7-11(18)10(17)6-9(13)16/h4-7,12,15H,3,19H2,1-2H3. The van der Waals surface area contributed by atoms with Gasteiger partial charge in [-0.3, -0.25) is 0 Å². The van der Waals surface area contributed by atoms with E-state index in [4.69, 9.17) is 22.1 Å². The zero-order valence-corrected chi connectivity index (χ0v) is 14.9. The highest BCUT2D eigenvalue weighted by Crippen LogP contribution is 2.36. The summed E-state index contributed by atoms with van der Waals surface area (Å²) in [4.78, 5) is 2.22. The molecular formula is C15H16BrClFNOS. The second kappa shape index (κ2) is 7.09. The molecule has 1 heterocycles. The maximum atomic E-state index is 13.6. The van der Waals surface area contributed by atoms with Crippen molar-refractivity contribution < 1.29 is 9.13 Å². The summed E-state index contributed by atoms with van der Waals surface area (Å²) < 4.78 is 20.2. The highest BCUT2D eigenvalue weighted by atomic mass is 79.9. The Morgan fingerprint density at radius 3 is 2.71 bits per heavy atom. The van der Waals surface area contributed by atoms with Gasteiger partial charge in [0.1, 0.15) is 17.7 Å². The van der Waals surface area contributed by atoms with Crippen LogP contribution in [0.25, 0.3) is 0 Å². The van der Waals surface area contributed by atoms with Crippen LogP contribution in [0.4, 0.5) is 4.39 Å². The van der Waals surface area contributed by atoms with Crippen molar-refractivity contribution in [1.29, 1.82) is 0 Å². The number of hydrogen-bond donors (Lipinski definition) is 1. The Morgan fingerprint density at radius 2 is 2.14 bits per heavy atom. The molecule has 2 rings (SSSR count). The van der Waals surface area contributed by atoms with Crippen LogP contribution in [0.5, 0.6) is 5.75 Å². The number of ether oxygens (including phenoxy) is 1. The van der Waals surface area contributed by atoms with Crippen LogP contribution < -0.4 is 10.5 Å². The van der Waals surface area contributed by atoms with Crippen LogP contribution in [0, 0.1) is 12.7 Å². The summed E-state index contributed by atoms with van der Waals surface area (Å²) in [5.74, 6) is -0.113. The van der Waals surface area contributed by atoms with Gasteiger partial charge in [-0.05, 0) is 47.5 Å². The van der Waals surface area contributed by atoms with Gasteiger partial charge in [-0.15, -0.1) is 11.3 Å². The third kappa shape index (κ3) is 3.97. The lowest BCUT2D eigenvalue weighted by atomic mass is 10.1. The topological polar surface area (TPSA) is 35.2 Å². The highest BCUT2D eigenvalue weighted by molar-refractivity contribution is 9.10. The predicted octanol–water partition coefficient (Wildman–Crippen LogP) is 5.47. The number of aryl methyl sites for hydroxylation is 1. The fourth-order valence-electron chi connectivity index (χ4n) is 1.91. The molecule has 0 saturated carbocycles. The van der Waals surface area contributed by atoms with Crippen molar-refractivity contribution >= 4 is 38.9 Å². The Balaban J connectivity index is 2.33. The van der Waals surface area contributed by atoms with Gasteiger partial charge in [0.25, 0.3) is 0 Å². The number of nitrogens with two attached hydrogens (primary N) is 1. The number of benzene rings is 1. The van der Waals surface area contributed by atoms with Crippen molar-refractivity contribution in [2.45, 2.75) is 32.4 Å². The molecule has 114 valence electrons. The zero-order valence-electron chi connectivity index (χ0n) is 11.7. The van der Waals surface area contributed by atoms with Crippen LogP contribution in [-0.2, 0) is 0 Å². The summed E-state index contributed by atoms with van der Waals surface area (Å²) in [6, 6.07) is 6.62. The molecule has 2 aromatic rings. The molecule has 21 heavy (non-hydrogen) atoms. The van der Waals surface area contributed by atoms with E-state index in [0.29, 0.717) is 10.2 Å². The predicted molar refractivity (Wildman–Crippen MR) is 89.8 cm³/mol. The molecule has 0 radical (unpaired) electrons. The Morgan fingerprint density at radius 1 is 1.43 bits per heavy atom. The number of hydrogen-bond acceptors (Lipinski definition) is 3. The van der Waals surface area contributed by atoms with E-state index in [-0.39, 0.29) is 17.2 Å². The Labute approximate surface area is 141 Å². The molecule has 1 aromatic heterocycles. The van der Waals surface area contributed by atoms with Gasteiger partial charge < -0.3 is 10.5 Å². The molecule has 2 unspecified atom stereocenters. The fraction of sp³-hybridized carbons (Fsp3) is 0.333. The average molecular weight is 393 g/mol. The summed E-state index contributed by atoms with van der Waals surface area (Å²) in [7, 11) is 0. The largest absolute Gasteiger partial charge is 0.482 e. The molecule has 0 saturated heterocycles. The quantitative estimate of drug-likeness (QED) is 0.685. The number of rotatable bonds is 5. The molecule has 0 bridgehead atoms. The van der Waals surface area contributed by atoms with Crippen molar-refractivity contribution in [2.75, 3.05) is 0 Å². The van der Waals surface area contributed by atoms with Crippen molar-refractivity contribution in [3.63, 3.8) is 0 Å². The highest BCUT2D eigenvalue weighted by Gasteiger charge is 2.23. The third-order valence-corrected chi connectivity index (χ3v) is 5.10. The lowest BCUT2D eigenvalue weighted by Gasteiger charge is -2.24. The Hall–Kier alpha value is -0.620. The normalized spacial score (nSPS) is 14.0. The van der Waals surface area contributed by atoms with Gasteiger partial charge in [0.05, 0.1) is 9.50 Å². The first kappa shape index (κ1) is 16.7. The lowest BCUT2D eigenvalue weighted by molar-refractivity contribution is 0.173. The van der Waals surface area contributed by atoms with Crippen molar-refractivity contribution in [2.24, 2.45) is 5.73 Å². The average Bonchev–Trinajstić information content (AvgIpc) is 2.87. The molecule has 6 heteroatoms. The van der Waals surface area contributed by atoms with Gasteiger partial charge in [-0.25, -0.2) is 4.39 Å². The molecular weight excluding hydrogens is 377 g/mol. The molecule has 0 aliphatic heterocycles. The van der Waals surface area contributed by atoms with Crippen molar-refractivity contribution in [3.05, 3.63) is 49.3 Å². The molecule has 0 aliphatic rings. The van der Waals surface area contributed by atoms with E-state index in [0.717, 1.165) is 11.3 Å². The van der Waals surface area contributed by atoms with E-state index in [9.17, 15) is 4.39 Å². The summed E-state index contributed by atoms with van der Waals surface area (Å²) in [6.45, 7) is 4.03. The molecule has 0 fully saturated rings. The lowest BCUT2D eigenvalue weighted by Crippen LogP contribution is -2.31. The van der Waals surface area contributed by atoms with Crippen LogP contribution in [0.15, 0.2) is 28.7 Å². The van der Waals surface area contributed by atoms with Crippen LogP contribution in [-0.4, -0.2) is 6.04 Å². The molecule has 0 aliphatic carbocycles. The molecule has 0 amide bonds. The zero-order chi connectivity index (χ0) is 15.6. The summed E-state index contributed by atoms with van der Waals surface area (Å²) in [5.41, 5.74) is 6.17. The minimum atomic E-state index is -0.513. The smallest absolute Gasteiger partial charge is 0.148 e. The molecule has 2 N–H and O–H groups in total. The van der Waals surface area contributed by atoms with Gasteiger partial charge >= 0.3 is 0 Å². The van der Waals surface area contributed by atoms with E-state index in [2.05, 4.69) is 15.9 Å². The molecule has 2 nitrogen and oxygen atoms in total. The molecule has 2 atom stereocenters. The van der Waals surface area contributed by atoms with E-state index in [1.807, 2.05) is 26.0 Å². The van der Waals surface area contributed by atoms with Gasteiger partial charge in [0.15, 0.2) is 0 Å². The maximum Gasteiger partial charge on any atom is 0.148 e. The first-order chi connectivity index (χ1) is 9.92. The Kier molecular flexibility index (Phi) is 5.66. The van der Waals surface area contributed by atoms with E-state index < -0.39 is 5.82 Å². The minimum absolute atomic E-state index is 0.0533. The number of thiophene rings is 1. The second-order valence-corrected chi connectivity index (χ2v) is 7.34. The third-order valence-electron chi connectivity index (χ3n) is 3.13. The summed E-state index contributed by atoms with van der Waals surface area (Å²) in [6.07, 6.45) is 0.445. The van der Waals surface area contributed by atoms with Gasteiger partial charge in [0, 0.05) is 21.9 Å². The number of halogens is 3. The second-order valence-electron chi connectivity index (χ2n) is 4.76. The van der Waals surface area contributed by atoms with Crippen LogP contribution in [0.2, 0.25) is 5.02 Å². The van der Waals surface area contributed by atoms with Crippen molar-refractivity contribution in [1.82, 2.24) is 0 Å². The van der Waals surface area contributed by atoms with E-state index in [1.165, 1.54) is 17.0 Å². The summed E-state index contributed by atoms with van der Waals surface area (Å²) >= 11 is 10.7. The first-order valence-electron chi connectivity index (χ1n) is 6.55. The monoisotopic (exact) mass is 391 g/mol. The minimum Gasteiger partial charge on any atom is -0.482 e. The van der Waals surface area contributed by atoms with Crippen LogP contribution in [0.3, 0.4) is 0 Å². The molecule has 0 spiro atoms. The SMILES string of the molecule is CCC(N)C(Oc1cc(F)c(Cl)cc1Br)c1ccc(C)s1. The Bertz CT molecular complexity index is 634. The maximum absolute atomic E-state index is 13.6. The van der Waals surface area contributed by atoms with E-state index in [1.54, 1.807) is 11.3 Å².